The van der Waals surface area contributed by atoms with E-state index in [-0.39, 0.29) is 5.91 Å². The van der Waals surface area contributed by atoms with Crippen LogP contribution in [-0.2, 0) is 9.54 Å². The maximum Gasteiger partial charge on any atom is 0.249 e. The van der Waals surface area contributed by atoms with Gasteiger partial charge in [-0.2, -0.15) is 0 Å². The highest BCUT2D eigenvalue weighted by Gasteiger charge is 2.53. The molecule has 1 aromatic carbocycles. The molecule has 1 aromatic rings. The van der Waals surface area contributed by atoms with Gasteiger partial charge in [0.15, 0.2) is 0 Å². The second kappa shape index (κ2) is 4.03. The minimum atomic E-state index is -0.506. The Kier molecular flexibility index (Phi) is 2.71. The zero-order valence-corrected chi connectivity index (χ0v) is 12.2. The number of aryl methyl sites for hydroxylation is 1. The number of rotatable bonds is 0. The first-order chi connectivity index (χ1) is 8.58. The third kappa shape index (κ3) is 1.47. The van der Waals surface area contributed by atoms with Gasteiger partial charge < -0.3 is 4.90 Å². The molecule has 2 aliphatic heterocycles. The molecular formula is C13H14N2OS2. The van der Waals surface area contributed by atoms with Crippen molar-refractivity contribution in [2.24, 2.45) is 4.99 Å². The minimum absolute atomic E-state index is 0.154. The summed E-state index contributed by atoms with van der Waals surface area (Å²) in [6.07, 6.45) is 2.01. The monoisotopic (exact) mass is 278 g/mol. The number of likely N-dealkylation sites (N-methyl/N-ethyl adjacent to an activating group) is 1. The summed E-state index contributed by atoms with van der Waals surface area (Å²) < 4.78 is 0.500. The van der Waals surface area contributed by atoms with Gasteiger partial charge in [-0.05, 0) is 19.2 Å². The number of hydrogen-bond donors (Lipinski definition) is 0. The predicted molar refractivity (Wildman–Crippen MR) is 79.7 cm³/mol. The number of aliphatic imine (C=N–C) groups is 1. The molecule has 1 unspecified atom stereocenters. The number of thioether (sulfide) groups is 2. The Hall–Kier alpha value is -0.940. The molecule has 0 aliphatic carbocycles. The summed E-state index contributed by atoms with van der Waals surface area (Å²) in [5, 5.41) is 0. The molecule has 0 aromatic heterocycles. The second-order valence-electron chi connectivity index (χ2n) is 4.60. The molecule has 5 heteroatoms. The molecule has 0 fully saturated rings. The Morgan fingerprint density at radius 3 is 2.94 bits per heavy atom. The van der Waals surface area contributed by atoms with Gasteiger partial charge in [0, 0.05) is 18.3 Å². The van der Waals surface area contributed by atoms with Crippen molar-refractivity contribution in [1.29, 1.82) is 0 Å². The fraction of sp³-hybridized carbons (Fsp3) is 0.385. The van der Waals surface area contributed by atoms with Crippen molar-refractivity contribution in [2.45, 2.75) is 11.7 Å². The number of anilines is 1. The van der Waals surface area contributed by atoms with Gasteiger partial charge in [0.25, 0.3) is 0 Å². The Bertz CT molecular complexity index is 570. The van der Waals surface area contributed by atoms with E-state index in [4.69, 9.17) is 0 Å². The van der Waals surface area contributed by atoms with Crippen LogP contribution in [-0.4, -0.2) is 30.1 Å². The van der Waals surface area contributed by atoms with E-state index in [1.54, 1.807) is 28.4 Å². The molecule has 0 N–H and O–H groups in total. The number of benzene rings is 1. The summed E-state index contributed by atoms with van der Waals surface area (Å²) in [6, 6.07) is 6.22. The molecule has 0 radical (unpaired) electrons. The smallest absolute Gasteiger partial charge is 0.249 e. The van der Waals surface area contributed by atoms with Crippen LogP contribution < -0.4 is 4.90 Å². The summed E-state index contributed by atoms with van der Waals surface area (Å²) in [6.45, 7) is 2.63. The quantitative estimate of drug-likeness (QED) is 0.731. The van der Waals surface area contributed by atoms with Crippen molar-refractivity contribution >= 4 is 39.5 Å². The molecule has 2 aliphatic rings. The van der Waals surface area contributed by atoms with Crippen LogP contribution in [0.2, 0.25) is 0 Å². The van der Waals surface area contributed by atoms with E-state index in [1.807, 2.05) is 19.4 Å². The van der Waals surface area contributed by atoms with E-state index >= 15 is 0 Å². The van der Waals surface area contributed by atoms with Crippen LogP contribution in [0.1, 0.15) is 11.1 Å². The zero-order chi connectivity index (χ0) is 12.9. The molecule has 0 saturated carbocycles. The summed E-state index contributed by atoms with van der Waals surface area (Å²) in [5.41, 5.74) is 3.33. The summed E-state index contributed by atoms with van der Waals surface area (Å²) in [5.74, 6) is 0.154. The highest BCUT2D eigenvalue weighted by atomic mass is 32.2. The van der Waals surface area contributed by atoms with Crippen LogP contribution in [0.25, 0.3) is 0 Å². The van der Waals surface area contributed by atoms with E-state index < -0.39 is 4.75 Å². The fourth-order valence-corrected chi connectivity index (χ4v) is 4.52. The number of nitrogens with zero attached hydrogens (tertiary/aromatic N) is 2. The number of carbonyl (C=O) groups is 1. The van der Waals surface area contributed by atoms with Crippen LogP contribution in [0.3, 0.4) is 0 Å². The molecule has 0 saturated heterocycles. The molecular weight excluding hydrogens is 264 g/mol. The highest BCUT2D eigenvalue weighted by Crippen LogP contribution is 2.53. The van der Waals surface area contributed by atoms with E-state index in [9.17, 15) is 4.79 Å². The normalized spacial score (nSPS) is 25.8. The Balaban J connectivity index is 2.14. The van der Waals surface area contributed by atoms with Crippen molar-refractivity contribution in [1.82, 2.24) is 0 Å². The van der Waals surface area contributed by atoms with Crippen LogP contribution in [0, 0.1) is 6.92 Å². The summed E-state index contributed by atoms with van der Waals surface area (Å²) in [4.78, 5) is 18.8. The second-order valence-corrected chi connectivity index (χ2v) is 6.94. The van der Waals surface area contributed by atoms with Crippen molar-refractivity contribution in [2.75, 3.05) is 24.7 Å². The van der Waals surface area contributed by atoms with Crippen LogP contribution >= 0.6 is 23.5 Å². The van der Waals surface area contributed by atoms with E-state index in [0.29, 0.717) is 6.54 Å². The third-order valence-corrected chi connectivity index (χ3v) is 5.87. The van der Waals surface area contributed by atoms with E-state index in [2.05, 4.69) is 24.0 Å². The zero-order valence-electron chi connectivity index (χ0n) is 10.6. The first kappa shape index (κ1) is 12.1. The average Bonchev–Trinajstić information content (AvgIpc) is 2.89. The Morgan fingerprint density at radius 1 is 1.50 bits per heavy atom. The van der Waals surface area contributed by atoms with Crippen molar-refractivity contribution in [3.63, 3.8) is 0 Å². The maximum atomic E-state index is 12.6. The van der Waals surface area contributed by atoms with Gasteiger partial charge >= 0.3 is 0 Å². The van der Waals surface area contributed by atoms with E-state index in [1.165, 1.54) is 5.56 Å². The molecule has 3 rings (SSSR count). The molecule has 3 nitrogen and oxygen atoms in total. The van der Waals surface area contributed by atoms with Gasteiger partial charge in [0.1, 0.15) is 9.12 Å². The minimum Gasteiger partial charge on any atom is -0.314 e. The van der Waals surface area contributed by atoms with Crippen LogP contribution in [0.4, 0.5) is 5.69 Å². The molecule has 2 heterocycles. The van der Waals surface area contributed by atoms with Gasteiger partial charge in [-0.3, -0.25) is 9.79 Å². The molecule has 94 valence electrons. The predicted octanol–water partition coefficient (Wildman–Crippen LogP) is 2.63. The first-order valence-electron chi connectivity index (χ1n) is 5.75. The van der Waals surface area contributed by atoms with Gasteiger partial charge in [-0.1, -0.05) is 29.5 Å². The fourth-order valence-electron chi connectivity index (χ4n) is 2.51. The SMILES string of the molecule is CSC1=NCC2(S1)C(=O)N(C)c1ccc(C)cc12. The maximum absolute atomic E-state index is 12.6. The highest BCUT2D eigenvalue weighted by molar-refractivity contribution is 8.39. The van der Waals surface area contributed by atoms with Crippen LogP contribution in [0.5, 0.6) is 0 Å². The topological polar surface area (TPSA) is 32.7 Å². The largest absolute Gasteiger partial charge is 0.314 e. The lowest BCUT2D eigenvalue weighted by atomic mass is 9.98. The lowest BCUT2D eigenvalue weighted by molar-refractivity contribution is -0.119. The van der Waals surface area contributed by atoms with E-state index in [0.717, 1.165) is 15.6 Å². The summed E-state index contributed by atoms with van der Waals surface area (Å²) >= 11 is 3.22. The average molecular weight is 278 g/mol. The number of amides is 1. The van der Waals surface area contributed by atoms with Crippen molar-refractivity contribution in [3.05, 3.63) is 29.3 Å². The number of carbonyl (C=O) groups excluding carboxylic acids is 1. The molecule has 1 spiro atoms. The van der Waals surface area contributed by atoms with Gasteiger partial charge in [-0.25, -0.2) is 0 Å². The Morgan fingerprint density at radius 2 is 2.28 bits per heavy atom. The summed E-state index contributed by atoms with van der Waals surface area (Å²) in [7, 11) is 1.85. The lowest BCUT2D eigenvalue weighted by Gasteiger charge is -2.20. The lowest BCUT2D eigenvalue weighted by Crippen LogP contribution is -2.36. The van der Waals surface area contributed by atoms with Crippen molar-refractivity contribution < 1.29 is 4.79 Å². The first-order valence-corrected chi connectivity index (χ1v) is 7.79. The standard InChI is InChI=1S/C13H14N2OS2/c1-8-4-5-10-9(6-8)13(11(16)15(10)2)7-14-12(17-3)18-13/h4-6H,7H2,1-3H3. The molecule has 0 bridgehead atoms. The number of hydrogen-bond acceptors (Lipinski definition) is 4. The Labute approximate surface area is 115 Å². The van der Waals surface area contributed by atoms with Gasteiger partial charge in [0.2, 0.25) is 5.91 Å². The van der Waals surface area contributed by atoms with Gasteiger partial charge in [-0.15, -0.1) is 11.8 Å². The number of fused-ring (bicyclic) bond motifs is 2. The third-order valence-electron chi connectivity index (χ3n) is 3.47. The van der Waals surface area contributed by atoms with Crippen molar-refractivity contribution in [3.8, 4) is 0 Å². The molecule has 18 heavy (non-hydrogen) atoms. The molecule has 1 atom stereocenters. The van der Waals surface area contributed by atoms with Crippen LogP contribution in [0.15, 0.2) is 23.2 Å². The van der Waals surface area contributed by atoms with Gasteiger partial charge in [0.05, 0.1) is 6.54 Å². The molecule has 1 amide bonds.